The van der Waals surface area contributed by atoms with Gasteiger partial charge in [0.25, 0.3) is 5.91 Å². The fraction of sp³-hybridized carbons (Fsp3) is 0.120. The lowest BCUT2D eigenvalue weighted by Gasteiger charge is -2.13. The van der Waals surface area contributed by atoms with Crippen LogP contribution >= 0.6 is 43.5 Å². The van der Waals surface area contributed by atoms with Gasteiger partial charge in [-0.2, -0.15) is 5.26 Å². The molecule has 1 amide bonds. The van der Waals surface area contributed by atoms with E-state index in [-0.39, 0.29) is 5.57 Å². The van der Waals surface area contributed by atoms with E-state index in [1.807, 2.05) is 30.3 Å². The fourth-order valence-electron chi connectivity index (χ4n) is 2.93. The maximum absolute atomic E-state index is 12.8. The summed E-state index contributed by atoms with van der Waals surface area (Å²) in [6.07, 6.45) is 1.48. The largest absolute Gasteiger partial charge is 0.495 e. The topological polar surface area (TPSA) is 80.6 Å². The van der Waals surface area contributed by atoms with Crippen LogP contribution < -0.4 is 19.5 Å². The summed E-state index contributed by atoms with van der Waals surface area (Å²) in [4.78, 5) is 12.8. The maximum atomic E-state index is 12.8. The van der Waals surface area contributed by atoms with Crippen molar-refractivity contribution < 1.29 is 19.0 Å². The average Bonchev–Trinajstić information content (AvgIpc) is 2.83. The summed E-state index contributed by atoms with van der Waals surface area (Å²) in [6, 6.07) is 18.1. The van der Waals surface area contributed by atoms with Crippen molar-refractivity contribution in [3.63, 3.8) is 0 Å². The molecule has 0 heterocycles. The van der Waals surface area contributed by atoms with Crippen molar-refractivity contribution in [2.75, 3.05) is 19.5 Å². The Balaban J connectivity index is 1.76. The van der Waals surface area contributed by atoms with Gasteiger partial charge in [0, 0.05) is 16.6 Å². The number of hydrogen-bond acceptors (Lipinski definition) is 5. The molecule has 3 aromatic rings. The molecule has 0 bridgehead atoms. The van der Waals surface area contributed by atoms with E-state index in [0.717, 1.165) is 10.0 Å². The van der Waals surface area contributed by atoms with Gasteiger partial charge in [0.2, 0.25) is 0 Å². The zero-order chi connectivity index (χ0) is 24.7. The highest BCUT2D eigenvalue weighted by Gasteiger charge is 2.16. The molecular weight excluding hydrogens is 588 g/mol. The average molecular weight is 607 g/mol. The first kappa shape index (κ1) is 25.6. The molecule has 1 N–H and O–H groups in total. The predicted molar refractivity (Wildman–Crippen MR) is 139 cm³/mol. The van der Waals surface area contributed by atoms with Gasteiger partial charge in [-0.05, 0) is 57.4 Å². The number of rotatable bonds is 8. The Kier molecular flexibility index (Phi) is 8.99. The van der Waals surface area contributed by atoms with E-state index < -0.39 is 5.91 Å². The second kappa shape index (κ2) is 11.9. The minimum Gasteiger partial charge on any atom is -0.495 e. The summed E-state index contributed by atoms with van der Waals surface area (Å²) in [5, 5.41) is 12.6. The third-order valence-corrected chi connectivity index (χ3v) is 6.11. The van der Waals surface area contributed by atoms with Crippen molar-refractivity contribution in [3.8, 4) is 23.3 Å². The molecule has 6 nitrogen and oxygen atoms in total. The zero-order valence-electron chi connectivity index (χ0n) is 18.2. The van der Waals surface area contributed by atoms with Crippen molar-refractivity contribution >= 4 is 61.1 Å². The summed E-state index contributed by atoms with van der Waals surface area (Å²) in [6.45, 7) is 0.402. The van der Waals surface area contributed by atoms with Crippen LogP contribution in [0.1, 0.15) is 11.1 Å². The van der Waals surface area contributed by atoms with Crippen LogP contribution in [0.3, 0.4) is 0 Å². The Morgan fingerprint density at radius 3 is 2.35 bits per heavy atom. The SMILES string of the molecule is COc1cc(NC(=O)/C(C#N)=C/c2ccc(OCc3ccc(Br)cc3)c(Br)c2)c(OC)cc1Cl. The standard InChI is InChI=1S/C25H19Br2ClN2O4/c1-32-23-12-21(24(33-2)11-20(23)28)30-25(31)17(13-29)9-16-5-8-22(19(27)10-16)34-14-15-3-6-18(26)7-4-15/h3-12H,14H2,1-2H3,(H,30,31)/b17-9+. The molecule has 0 unspecified atom stereocenters. The first-order chi connectivity index (χ1) is 16.3. The van der Waals surface area contributed by atoms with Gasteiger partial charge in [-0.1, -0.05) is 45.7 Å². The van der Waals surface area contributed by atoms with Crippen molar-refractivity contribution in [3.05, 3.63) is 85.3 Å². The summed E-state index contributed by atoms with van der Waals surface area (Å²) >= 11 is 13.0. The monoisotopic (exact) mass is 604 g/mol. The molecule has 0 saturated heterocycles. The number of methoxy groups -OCH3 is 2. The van der Waals surface area contributed by atoms with Gasteiger partial charge < -0.3 is 19.5 Å². The van der Waals surface area contributed by atoms with E-state index in [9.17, 15) is 10.1 Å². The number of hydrogen-bond donors (Lipinski definition) is 1. The second-order valence-corrected chi connectivity index (χ2v) is 9.09. The van der Waals surface area contributed by atoms with E-state index in [1.54, 1.807) is 18.2 Å². The number of amides is 1. The van der Waals surface area contributed by atoms with Gasteiger partial charge in [0.1, 0.15) is 35.5 Å². The highest BCUT2D eigenvalue weighted by molar-refractivity contribution is 9.10. The first-order valence-corrected chi connectivity index (χ1v) is 11.8. The molecule has 174 valence electrons. The van der Waals surface area contributed by atoms with Gasteiger partial charge in [-0.15, -0.1) is 0 Å². The molecule has 0 aliphatic rings. The van der Waals surface area contributed by atoms with E-state index >= 15 is 0 Å². The Bertz CT molecular complexity index is 1270. The van der Waals surface area contributed by atoms with Crippen LogP contribution in [0.4, 0.5) is 5.69 Å². The third kappa shape index (κ3) is 6.54. The molecule has 3 aromatic carbocycles. The molecule has 0 spiro atoms. The molecule has 0 fully saturated rings. The van der Waals surface area contributed by atoms with Crippen molar-refractivity contribution in [1.82, 2.24) is 0 Å². The van der Waals surface area contributed by atoms with Crippen LogP contribution in [0.15, 0.2) is 69.1 Å². The highest BCUT2D eigenvalue weighted by Crippen LogP contribution is 2.36. The molecule has 0 radical (unpaired) electrons. The summed E-state index contributed by atoms with van der Waals surface area (Å²) < 4.78 is 18.0. The molecule has 0 aromatic heterocycles. The van der Waals surface area contributed by atoms with Crippen LogP contribution in [-0.2, 0) is 11.4 Å². The molecule has 34 heavy (non-hydrogen) atoms. The molecule has 0 aliphatic heterocycles. The Labute approximate surface area is 219 Å². The first-order valence-electron chi connectivity index (χ1n) is 9.86. The van der Waals surface area contributed by atoms with Gasteiger partial charge in [0.05, 0.1) is 29.4 Å². The molecule has 0 saturated carbocycles. The number of carbonyl (C=O) groups excluding carboxylic acids is 1. The van der Waals surface area contributed by atoms with Crippen LogP contribution in [0, 0.1) is 11.3 Å². The molecule has 3 rings (SSSR count). The number of anilines is 1. The minimum atomic E-state index is -0.600. The van der Waals surface area contributed by atoms with Gasteiger partial charge in [-0.3, -0.25) is 4.79 Å². The molecule has 0 aliphatic carbocycles. The van der Waals surface area contributed by atoms with Crippen LogP contribution in [0.5, 0.6) is 17.2 Å². The van der Waals surface area contributed by atoms with Crippen molar-refractivity contribution in [1.29, 1.82) is 5.26 Å². The van der Waals surface area contributed by atoms with Gasteiger partial charge in [0.15, 0.2) is 0 Å². The number of carbonyl (C=O) groups is 1. The van der Waals surface area contributed by atoms with E-state index in [4.69, 9.17) is 25.8 Å². The summed E-state index contributed by atoms with van der Waals surface area (Å²) in [7, 11) is 2.91. The minimum absolute atomic E-state index is 0.0913. The lowest BCUT2D eigenvalue weighted by molar-refractivity contribution is -0.112. The van der Waals surface area contributed by atoms with Crippen molar-refractivity contribution in [2.45, 2.75) is 6.61 Å². The number of halogens is 3. The van der Waals surface area contributed by atoms with E-state index in [2.05, 4.69) is 37.2 Å². The van der Waals surface area contributed by atoms with E-state index in [0.29, 0.717) is 44.6 Å². The van der Waals surface area contributed by atoms with Gasteiger partial charge in [-0.25, -0.2) is 0 Å². The summed E-state index contributed by atoms with van der Waals surface area (Å²) in [5.41, 5.74) is 1.91. The quantitative estimate of drug-likeness (QED) is 0.221. The van der Waals surface area contributed by atoms with Crippen LogP contribution in [0.25, 0.3) is 6.08 Å². The normalized spacial score (nSPS) is 10.9. The zero-order valence-corrected chi connectivity index (χ0v) is 22.1. The summed E-state index contributed by atoms with van der Waals surface area (Å²) in [5.74, 6) is 0.743. The fourth-order valence-corrected chi connectivity index (χ4v) is 3.93. The number of nitriles is 1. The van der Waals surface area contributed by atoms with Crippen LogP contribution in [-0.4, -0.2) is 20.1 Å². The van der Waals surface area contributed by atoms with Crippen LogP contribution in [0.2, 0.25) is 5.02 Å². The van der Waals surface area contributed by atoms with E-state index in [1.165, 1.54) is 32.4 Å². The number of nitrogens with zero attached hydrogens (tertiary/aromatic N) is 1. The number of benzene rings is 3. The Morgan fingerprint density at radius 2 is 1.74 bits per heavy atom. The second-order valence-electron chi connectivity index (χ2n) is 6.92. The highest BCUT2D eigenvalue weighted by atomic mass is 79.9. The Morgan fingerprint density at radius 1 is 1.03 bits per heavy atom. The molecule has 9 heteroatoms. The maximum Gasteiger partial charge on any atom is 0.266 e. The number of nitrogens with one attached hydrogen (secondary N) is 1. The lowest BCUT2D eigenvalue weighted by atomic mass is 10.1. The lowest BCUT2D eigenvalue weighted by Crippen LogP contribution is -2.14. The smallest absolute Gasteiger partial charge is 0.266 e. The molecule has 0 atom stereocenters. The number of ether oxygens (including phenoxy) is 3. The molecular formula is C25H19Br2ClN2O4. The third-order valence-electron chi connectivity index (χ3n) is 4.66. The Hall–Kier alpha value is -2.99. The van der Waals surface area contributed by atoms with Gasteiger partial charge >= 0.3 is 0 Å². The predicted octanol–water partition coefficient (Wildman–Crippen LogP) is 7.01. The van der Waals surface area contributed by atoms with Crippen molar-refractivity contribution in [2.24, 2.45) is 0 Å².